The molecule has 4 aromatic rings. The number of imide groups is 1. The number of hydrogen-bond acceptors (Lipinski definition) is 3. The van der Waals surface area contributed by atoms with Gasteiger partial charge in [0, 0.05) is 22.2 Å². The Bertz CT molecular complexity index is 1460. The summed E-state index contributed by atoms with van der Waals surface area (Å²) in [5, 5.41) is 5.34. The SMILES string of the molecule is O=C1C(Nc2cccc3ccccc23)=C(c2ccc(Cl)cc2)C(=O)N1c1ccc(F)cc1F. The number of benzene rings is 4. The van der Waals surface area contributed by atoms with E-state index in [1.165, 1.54) is 0 Å². The molecule has 1 heterocycles. The molecule has 0 unspecified atom stereocenters. The van der Waals surface area contributed by atoms with Crippen molar-refractivity contribution in [2.45, 2.75) is 0 Å². The normalized spacial score (nSPS) is 13.8. The standard InChI is InChI=1S/C26H15ClF2N2O2/c27-17-10-8-16(9-11-17)23-24(30-21-7-3-5-15-4-1-2-6-19(15)21)26(33)31(25(23)32)22-13-12-18(28)14-20(22)29/h1-14,30H. The molecule has 0 atom stereocenters. The molecule has 4 aromatic carbocycles. The number of halogens is 3. The van der Waals surface area contributed by atoms with Crippen LogP contribution in [0.15, 0.2) is 90.6 Å². The van der Waals surface area contributed by atoms with Crippen molar-refractivity contribution in [1.29, 1.82) is 0 Å². The Balaban J connectivity index is 1.67. The first-order valence-electron chi connectivity index (χ1n) is 10.0. The molecule has 162 valence electrons. The highest BCUT2D eigenvalue weighted by Crippen LogP contribution is 2.36. The van der Waals surface area contributed by atoms with Crippen molar-refractivity contribution in [3.05, 3.63) is 113 Å². The maximum atomic E-state index is 14.6. The molecule has 4 nitrogen and oxygen atoms in total. The Morgan fingerprint density at radius 2 is 1.52 bits per heavy atom. The first-order valence-corrected chi connectivity index (χ1v) is 10.4. The molecule has 1 aliphatic heterocycles. The fraction of sp³-hybridized carbons (Fsp3) is 0. The lowest BCUT2D eigenvalue weighted by Gasteiger charge is -2.16. The van der Waals surface area contributed by atoms with Gasteiger partial charge in [-0.25, -0.2) is 13.7 Å². The Morgan fingerprint density at radius 1 is 0.788 bits per heavy atom. The van der Waals surface area contributed by atoms with Gasteiger partial charge in [0.05, 0.1) is 11.3 Å². The fourth-order valence-electron chi connectivity index (χ4n) is 3.88. The molecule has 5 rings (SSSR count). The van der Waals surface area contributed by atoms with Gasteiger partial charge in [-0.15, -0.1) is 0 Å². The molecule has 1 aliphatic rings. The molecule has 0 fully saturated rings. The summed E-state index contributed by atoms with van der Waals surface area (Å²) in [6.45, 7) is 0. The van der Waals surface area contributed by atoms with Gasteiger partial charge in [-0.05, 0) is 41.3 Å². The van der Waals surface area contributed by atoms with Crippen LogP contribution in [0.25, 0.3) is 16.3 Å². The van der Waals surface area contributed by atoms with E-state index in [2.05, 4.69) is 5.32 Å². The molecule has 0 saturated carbocycles. The van der Waals surface area contributed by atoms with E-state index in [-0.39, 0.29) is 17.0 Å². The van der Waals surface area contributed by atoms with E-state index in [9.17, 15) is 18.4 Å². The van der Waals surface area contributed by atoms with Crippen LogP contribution < -0.4 is 10.2 Å². The van der Waals surface area contributed by atoms with E-state index in [0.29, 0.717) is 27.2 Å². The second-order valence-electron chi connectivity index (χ2n) is 7.45. The zero-order chi connectivity index (χ0) is 23.1. The predicted molar refractivity (Wildman–Crippen MR) is 125 cm³/mol. The number of carbonyl (C=O) groups excluding carboxylic acids is 2. The minimum Gasteiger partial charge on any atom is -0.350 e. The molecule has 2 amide bonds. The number of nitrogens with one attached hydrogen (secondary N) is 1. The lowest BCUT2D eigenvalue weighted by Crippen LogP contribution is -2.33. The predicted octanol–water partition coefficient (Wildman–Crippen LogP) is 6.17. The van der Waals surface area contributed by atoms with Crippen LogP contribution in [0, 0.1) is 11.6 Å². The molecule has 0 aromatic heterocycles. The average molecular weight is 461 g/mol. The second kappa shape index (κ2) is 8.15. The van der Waals surface area contributed by atoms with E-state index >= 15 is 0 Å². The van der Waals surface area contributed by atoms with Crippen molar-refractivity contribution < 1.29 is 18.4 Å². The summed E-state index contributed by atoms with van der Waals surface area (Å²) in [7, 11) is 0. The third-order valence-electron chi connectivity index (χ3n) is 5.42. The van der Waals surface area contributed by atoms with Crippen LogP contribution in [-0.4, -0.2) is 11.8 Å². The molecule has 1 N–H and O–H groups in total. The van der Waals surface area contributed by atoms with Crippen LogP contribution in [-0.2, 0) is 9.59 Å². The van der Waals surface area contributed by atoms with Crippen molar-refractivity contribution in [2.75, 3.05) is 10.2 Å². The van der Waals surface area contributed by atoms with E-state index in [0.717, 1.165) is 22.9 Å². The van der Waals surface area contributed by atoms with Gasteiger partial charge in [0.25, 0.3) is 11.8 Å². The third-order valence-corrected chi connectivity index (χ3v) is 5.67. The highest BCUT2D eigenvalue weighted by Gasteiger charge is 2.41. The summed E-state index contributed by atoms with van der Waals surface area (Å²) in [5.41, 5.74) is 0.769. The molecule has 0 spiro atoms. The van der Waals surface area contributed by atoms with Crippen LogP contribution in [0.4, 0.5) is 20.2 Å². The molecular formula is C26H15ClF2N2O2. The molecule has 0 aliphatic carbocycles. The van der Waals surface area contributed by atoms with Crippen molar-refractivity contribution >= 4 is 51.1 Å². The summed E-state index contributed by atoms with van der Waals surface area (Å²) >= 11 is 6.00. The smallest absolute Gasteiger partial charge is 0.282 e. The minimum absolute atomic E-state index is 0.0117. The number of carbonyl (C=O) groups is 2. The van der Waals surface area contributed by atoms with Gasteiger partial charge in [-0.1, -0.05) is 60.1 Å². The van der Waals surface area contributed by atoms with Gasteiger partial charge in [0.2, 0.25) is 0 Å². The van der Waals surface area contributed by atoms with Crippen LogP contribution in [0.5, 0.6) is 0 Å². The largest absolute Gasteiger partial charge is 0.350 e. The van der Waals surface area contributed by atoms with Crippen molar-refractivity contribution in [2.24, 2.45) is 0 Å². The highest BCUT2D eigenvalue weighted by molar-refractivity contribution is 6.46. The minimum atomic E-state index is -1.02. The molecule has 33 heavy (non-hydrogen) atoms. The van der Waals surface area contributed by atoms with Gasteiger partial charge >= 0.3 is 0 Å². The highest BCUT2D eigenvalue weighted by atomic mass is 35.5. The quantitative estimate of drug-likeness (QED) is 0.371. The van der Waals surface area contributed by atoms with E-state index in [4.69, 9.17) is 11.6 Å². The van der Waals surface area contributed by atoms with E-state index in [1.54, 1.807) is 30.3 Å². The number of nitrogens with zero attached hydrogens (tertiary/aromatic N) is 1. The van der Waals surface area contributed by atoms with Gasteiger partial charge in [-0.3, -0.25) is 9.59 Å². The van der Waals surface area contributed by atoms with E-state index < -0.39 is 23.4 Å². The van der Waals surface area contributed by atoms with Gasteiger partial charge < -0.3 is 5.32 Å². The summed E-state index contributed by atoms with van der Waals surface area (Å²) in [5.74, 6) is -3.30. The van der Waals surface area contributed by atoms with Gasteiger partial charge in [0.15, 0.2) is 0 Å². The lowest BCUT2D eigenvalue weighted by molar-refractivity contribution is -0.120. The Morgan fingerprint density at radius 3 is 2.27 bits per heavy atom. The Kier molecular flexibility index (Phi) is 5.15. The summed E-state index contributed by atoms with van der Waals surface area (Å²) in [6, 6.07) is 22.2. The fourth-order valence-corrected chi connectivity index (χ4v) is 4.01. The molecule has 0 radical (unpaired) electrons. The van der Waals surface area contributed by atoms with Gasteiger partial charge in [0.1, 0.15) is 17.3 Å². The van der Waals surface area contributed by atoms with Crippen LogP contribution in [0.3, 0.4) is 0 Å². The average Bonchev–Trinajstić information content (AvgIpc) is 3.04. The summed E-state index contributed by atoms with van der Waals surface area (Å²) in [4.78, 5) is 27.6. The van der Waals surface area contributed by atoms with E-state index in [1.807, 2.05) is 36.4 Å². The number of fused-ring (bicyclic) bond motifs is 1. The topological polar surface area (TPSA) is 49.4 Å². The van der Waals surface area contributed by atoms with Crippen molar-refractivity contribution in [3.63, 3.8) is 0 Å². The van der Waals surface area contributed by atoms with Crippen LogP contribution in [0.2, 0.25) is 5.02 Å². The number of amides is 2. The zero-order valence-corrected chi connectivity index (χ0v) is 17.7. The first-order chi connectivity index (χ1) is 15.9. The molecule has 0 saturated heterocycles. The number of rotatable bonds is 4. The Hall–Kier alpha value is -4.03. The van der Waals surface area contributed by atoms with Crippen molar-refractivity contribution in [1.82, 2.24) is 0 Å². The third kappa shape index (κ3) is 3.64. The summed E-state index contributed by atoms with van der Waals surface area (Å²) < 4.78 is 28.0. The second-order valence-corrected chi connectivity index (χ2v) is 7.89. The molecule has 7 heteroatoms. The lowest BCUT2D eigenvalue weighted by atomic mass is 10.0. The number of hydrogen-bond donors (Lipinski definition) is 1. The Labute approximate surface area is 192 Å². The number of anilines is 2. The zero-order valence-electron chi connectivity index (χ0n) is 17.0. The molecular weight excluding hydrogens is 446 g/mol. The van der Waals surface area contributed by atoms with Crippen molar-refractivity contribution in [3.8, 4) is 0 Å². The van der Waals surface area contributed by atoms with Gasteiger partial charge in [-0.2, -0.15) is 0 Å². The maximum absolute atomic E-state index is 14.6. The monoisotopic (exact) mass is 460 g/mol. The first kappa shape index (κ1) is 20.8. The summed E-state index contributed by atoms with van der Waals surface area (Å²) in [6.07, 6.45) is 0. The van der Waals surface area contributed by atoms with Crippen LogP contribution >= 0.6 is 11.6 Å². The molecule has 0 bridgehead atoms. The van der Waals surface area contributed by atoms with Crippen LogP contribution in [0.1, 0.15) is 5.56 Å². The maximum Gasteiger partial charge on any atom is 0.282 e.